The molecule has 0 aromatic heterocycles. The van der Waals surface area contributed by atoms with Gasteiger partial charge in [0.1, 0.15) is 0 Å². The molecule has 17 heavy (non-hydrogen) atoms. The summed E-state index contributed by atoms with van der Waals surface area (Å²) in [5.74, 6) is 0.171. The standard InChI is InChI=1S/C14H17ClN2/c1-10(11-5-7-13(15)8-6-11)17-14-4-2-3-12(14)9-16/h5-8,10,12,14,17H,2-4H2,1H3. The van der Waals surface area contributed by atoms with E-state index in [0.717, 1.165) is 24.3 Å². The first-order valence-corrected chi connectivity index (χ1v) is 6.49. The van der Waals surface area contributed by atoms with Gasteiger partial charge in [-0.15, -0.1) is 0 Å². The molecule has 90 valence electrons. The van der Waals surface area contributed by atoms with Crippen molar-refractivity contribution in [1.29, 1.82) is 5.26 Å². The van der Waals surface area contributed by atoms with E-state index < -0.39 is 0 Å². The van der Waals surface area contributed by atoms with E-state index in [-0.39, 0.29) is 12.0 Å². The highest BCUT2D eigenvalue weighted by atomic mass is 35.5. The Kier molecular flexibility index (Phi) is 4.04. The second-order valence-electron chi connectivity index (χ2n) is 4.71. The molecule has 0 aliphatic heterocycles. The quantitative estimate of drug-likeness (QED) is 0.886. The fourth-order valence-corrected chi connectivity index (χ4v) is 2.61. The number of rotatable bonds is 3. The van der Waals surface area contributed by atoms with Crippen molar-refractivity contribution in [1.82, 2.24) is 5.32 Å². The molecular weight excluding hydrogens is 232 g/mol. The lowest BCUT2D eigenvalue weighted by molar-refractivity contribution is 0.417. The fourth-order valence-electron chi connectivity index (χ4n) is 2.48. The first kappa shape index (κ1) is 12.4. The first-order chi connectivity index (χ1) is 8.20. The first-order valence-electron chi connectivity index (χ1n) is 6.12. The maximum absolute atomic E-state index is 9.05. The third kappa shape index (κ3) is 3.00. The third-order valence-electron chi connectivity index (χ3n) is 3.52. The molecule has 3 atom stereocenters. The van der Waals surface area contributed by atoms with Crippen molar-refractivity contribution < 1.29 is 0 Å². The van der Waals surface area contributed by atoms with Crippen molar-refractivity contribution in [3.8, 4) is 6.07 Å². The van der Waals surface area contributed by atoms with Crippen molar-refractivity contribution >= 4 is 11.6 Å². The van der Waals surface area contributed by atoms with Crippen molar-refractivity contribution in [3.05, 3.63) is 34.9 Å². The van der Waals surface area contributed by atoms with E-state index in [0.29, 0.717) is 6.04 Å². The number of halogens is 1. The van der Waals surface area contributed by atoms with Crippen LogP contribution in [0.5, 0.6) is 0 Å². The van der Waals surface area contributed by atoms with Crippen LogP contribution >= 0.6 is 11.6 Å². The largest absolute Gasteiger partial charge is 0.306 e. The smallest absolute Gasteiger partial charge is 0.0672 e. The van der Waals surface area contributed by atoms with E-state index >= 15 is 0 Å². The number of benzene rings is 1. The van der Waals surface area contributed by atoms with Gasteiger partial charge in [-0.2, -0.15) is 5.26 Å². The van der Waals surface area contributed by atoms with E-state index in [4.69, 9.17) is 16.9 Å². The van der Waals surface area contributed by atoms with Gasteiger partial charge in [0, 0.05) is 17.1 Å². The maximum atomic E-state index is 9.05. The number of hydrogen-bond donors (Lipinski definition) is 1. The van der Waals surface area contributed by atoms with Gasteiger partial charge in [-0.25, -0.2) is 0 Å². The van der Waals surface area contributed by atoms with Crippen LogP contribution in [0.15, 0.2) is 24.3 Å². The summed E-state index contributed by atoms with van der Waals surface area (Å²) in [5.41, 5.74) is 1.22. The van der Waals surface area contributed by atoms with Gasteiger partial charge in [0.05, 0.1) is 12.0 Å². The van der Waals surface area contributed by atoms with E-state index in [1.807, 2.05) is 24.3 Å². The molecule has 3 heteroatoms. The van der Waals surface area contributed by atoms with Crippen LogP contribution in [0.2, 0.25) is 5.02 Å². The summed E-state index contributed by atoms with van der Waals surface area (Å²) in [7, 11) is 0. The molecule has 0 amide bonds. The third-order valence-corrected chi connectivity index (χ3v) is 3.77. The van der Waals surface area contributed by atoms with Gasteiger partial charge >= 0.3 is 0 Å². The molecule has 1 aromatic carbocycles. The van der Waals surface area contributed by atoms with Gasteiger partial charge in [-0.3, -0.25) is 0 Å². The Morgan fingerprint density at radius 3 is 2.71 bits per heavy atom. The highest BCUT2D eigenvalue weighted by Gasteiger charge is 2.28. The van der Waals surface area contributed by atoms with E-state index in [1.165, 1.54) is 5.56 Å². The normalized spacial score (nSPS) is 25.5. The van der Waals surface area contributed by atoms with Crippen molar-refractivity contribution in [2.75, 3.05) is 0 Å². The average Bonchev–Trinajstić information content (AvgIpc) is 2.77. The molecule has 1 aromatic rings. The van der Waals surface area contributed by atoms with Crippen LogP contribution in [-0.2, 0) is 0 Å². The molecule has 1 aliphatic rings. The summed E-state index contributed by atoms with van der Waals surface area (Å²) in [6.45, 7) is 2.13. The molecule has 1 fully saturated rings. The Morgan fingerprint density at radius 1 is 1.35 bits per heavy atom. The Bertz CT molecular complexity index is 407. The topological polar surface area (TPSA) is 35.8 Å². The van der Waals surface area contributed by atoms with Gasteiger partial charge in [-0.1, -0.05) is 30.2 Å². The second-order valence-corrected chi connectivity index (χ2v) is 5.15. The summed E-state index contributed by atoms with van der Waals surface area (Å²) >= 11 is 5.87. The minimum absolute atomic E-state index is 0.171. The number of nitrogens with one attached hydrogen (secondary N) is 1. The lowest BCUT2D eigenvalue weighted by atomic mass is 10.0. The molecule has 0 bridgehead atoms. The van der Waals surface area contributed by atoms with Crippen molar-refractivity contribution in [3.63, 3.8) is 0 Å². The molecule has 1 saturated carbocycles. The zero-order chi connectivity index (χ0) is 12.3. The second kappa shape index (κ2) is 5.53. The van der Waals surface area contributed by atoms with Crippen LogP contribution in [-0.4, -0.2) is 6.04 Å². The molecule has 2 rings (SSSR count). The van der Waals surface area contributed by atoms with Crippen LogP contribution in [0.4, 0.5) is 0 Å². The number of nitriles is 1. The minimum atomic E-state index is 0.171. The average molecular weight is 249 g/mol. The predicted octanol–water partition coefficient (Wildman–Crippen LogP) is 3.68. The van der Waals surface area contributed by atoms with Crippen LogP contribution in [0, 0.1) is 17.2 Å². The van der Waals surface area contributed by atoms with Gasteiger partial charge in [-0.05, 0) is 37.5 Å². The Morgan fingerprint density at radius 2 is 2.06 bits per heavy atom. The molecule has 1 aliphatic carbocycles. The number of nitrogens with zero attached hydrogens (tertiary/aromatic N) is 1. The van der Waals surface area contributed by atoms with Crippen LogP contribution < -0.4 is 5.32 Å². The van der Waals surface area contributed by atoms with Crippen LogP contribution in [0.3, 0.4) is 0 Å². The van der Waals surface area contributed by atoms with E-state index in [9.17, 15) is 0 Å². The molecule has 0 heterocycles. The SMILES string of the molecule is CC(NC1CCCC1C#N)c1ccc(Cl)cc1. The lowest BCUT2D eigenvalue weighted by Gasteiger charge is -2.22. The molecule has 2 nitrogen and oxygen atoms in total. The van der Waals surface area contributed by atoms with Gasteiger partial charge in [0.15, 0.2) is 0 Å². The Balaban J connectivity index is 1.99. The van der Waals surface area contributed by atoms with E-state index in [1.54, 1.807) is 0 Å². The molecule has 0 spiro atoms. The van der Waals surface area contributed by atoms with Gasteiger partial charge in [0.2, 0.25) is 0 Å². The molecule has 0 saturated heterocycles. The zero-order valence-corrected chi connectivity index (χ0v) is 10.7. The molecular formula is C14H17ClN2. The van der Waals surface area contributed by atoms with Gasteiger partial charge in [0.25, 0.3) is 0 Å². The monoisotopic (exact) mass is 248 g/mol. The van der Waals surface area contributed by atoms with Gasteiger partial charge < -0.3 is 5.32 Å². The highest BCUT2D eigenvalue weighted by molar-refractivity contribution is 6.30. The zero-order valence-electron chi connectivity index (χ0n) is 9.99. The van der Waals surface area contributed by atoms with Crippen LogP contribution in [0.1, 0.15) is 37.8 Å². The summed E-state index contributed by atoms with van der Waals surface area (Å²) in [5, 5.41) is 13.4. The summed E-state index contributed by atoms with van der Waals surface area (Å²) < 4.78 is 0. The Labute approximate surface area is 108 Å². The van der Waals surface area contributed by atoms with Crippen molar-refractivity contribution in [2.45, 2.75) is 38.3 Å². The highest BCUT2D eigenvalue weighted by Crippen LogP contribution is 2.27. The minimum Gasteiger partial charge on any atom is -0.306 e. The number of hydrogen-bond acceptors (Lipinski definition) is 2. The summed E-state index contributed by atoms with van der Waals surface area (Å²) in [6.07, 6.45) is 3.29. The predicted molar refractivity (Wildman–Crippen MR) is 69.7 cm³/mol. The van der Waals surface area contributed by atoms with Crippen LogP contribution in [0.25, 0.3) is 0 Å². The molecule has 3 unspecified atom stereocenters. The maximum Gasteiger partial charge on any atom is 0.0672 e. The summed E-state index contributed by atoms with van der Waals surface area (Å²) in [4.78, 5) is 0. The Hall–Kier alpha value is -1.04. The fraction of sp³-hybridized carbons (Fsp3) is 0.500. The lowest BCUT2D eigenvalue weighted by Crippen LogP contribution is -2.33. The molecule has 0 radical (unpaired) electrons. The summed E-state index contributed by atoms with van der Waals surface area (Å²) in [6, 6.07) is 10.9. The molecule has 1 N–H and O–H groups in total. The van der Waals surface area contributed by atoms with E-state index in [2.05, 4.69) is 18.3 Å². The van der Waals surface area contributed by atoms with Crippen molar-refractivity contribution in [2.24, 2.45) is 5.92 Å².